The molecular formula is C15H19BrN2. The first kappa shape index (κ1) is 13.4. The number of nitrogens with zero attached hydrogens (tertiary/aromatic N) is 1. The van der Waals surface area contributed by atoms with Crippen molar-refractivity contribution in [1.82, 2.24) is 0 Å². The number of rotatable bonds is 3. The van der Waals surface area contributed by atoms with E-state index in [4.69, 9.17) is 0 Å². The highest BCUT2D eigenvalue weighted by Crippen LogP contribution is 2.32. The standard InChI is InChI=1S/C15H19BrN2/c1-11-4-2-5-12(8-11)15(10-17)18-14-7-3-6-13(16)9-14/h3,6-7,9,11-12,15,18H,2,4-5,8H2,1H3. The zero-order chi connectivity index (χ0) is 13.0. The smallest absolute Gasteiger partial charge is 0.117 e. The molecule has 0 radical (unpaired) electrons. The van der Waals surface area contributed by atoms with Gasteiger partial charge in [-0.2, -0.15) is 5.26 Å². The average molecular weight is 307 g/mol. The molecule has 2 nitrogen and oxygen atoms in total. The van der Waals surface area contributed by atoms with Gasteiger partial charge in [-0.05, 0) is 42.9 Å². The van der Waals surface area contributed by atoms with Crippen molar-refractivity contribution in [3.63, 3.8) is 0 Å². The maximum atomic E-state index is 9.37. The molecule has 1 fully saturated rings. The van der Waals surface area contributed by atoms with Crippen molar-refractivity contribution in [3.05, 3.63) is 28.7 Å². The van der Waals surface area contributed by atoms with Crippen molar-refractivity contribution < 1.29 is 0 Å². The minimum atomic E-state index is -0.0675. The maximum absolute atomic E-state index is 9.37. The fourth-order valence-corrected chi connectivity index (χ4v) is 3.20. The van der Waals surface area contributed by atoms with Crippen LogP contribution in [0.4, 0.5) is 5.69 Å². The lowest BCUT2D eigenvalue weighted by Gasteiger charge is -2.30. The Kier molecular flexibility index (Phi) is 4.66. The van der Waals surface area contributed by atoms with Crippen molar-refractivity contribution in [2.45, 2.75) is 38.6 Å². The molecule has 0 aromatic heterocycles. The van der Waals surface area contributed by atoms with Gasteiger partial charge in [0.15, 0.2) is 0 Å². The molecular weight excluding hydrogens is 288 g/mol. The highest BCUT2D eigenvalue weighted by molar-refractivity contribution is 9.10. The first-order valence-corrected chi connectivity index (χ1v) is 7.40. The number of benzene rings is 1. The molecule has 1 aromatic carbocycles. The second-order valence-corrected chi connectivity index (χ2v) is 6.21. The Hall–Kier alpha value is -1.01. The van der Waals surface area contributed by atoms with Gasteiger partial charge in [-0.3, -0.25) is 0 Å². The quantitative estimate of drug-likeness (QED) is 0.887. The Bertz CT molecular complexity index is 438. The lowest BCUT2D eigenvalue weighted by molar-refractivity contribution is 0.274. The predicted octanol–water partition coefficient (Wildman–Crippen LogP) is 4.58. The van der Waals surface area contributed by atoms with E-state index in [1.807, 2.05) is 24.3 Å². The predicted molar refractivity (Wildman–Crippen MR) is 78.3 cm³/mol. The van der Waals surface area contributed by atoms with Crippen LogP contribution in [0.3, 0.4) is 0 Å². The monoisotopic (exact) mass is 306 g/mol. The number of halogens is 1. The van der Waals surface area contributed by atoms with Crippen LogP contribution in [-0.4, -0.2) is 6.04 Å². The summed E-state index contributed by atoms with van der Waals surface area (Å²) in [4.78, 5) is 0. The number of hydrogen-bond acceptors (Lipinski definition) is 2. The van der Waals surface area contributed by atoms with Crippen molar-refractivity contribution >= 4 is 21.6 Å². The van der Waals surface area contributed by atoms with Crippen molar-refractivity contribution in [1.29, 1.82) is 5.26 Å². The van der Waals surface area contributed by atoms with Gasteiger partial charge in [-0.25, -0.2) is 0 Å². The van der Waals surface area contributed by atoms with Crippen LogP contribution in [-0.2, 0) is 0 Å². The van der Waals surface area contributed by atoms with E-state index in [0.717, 1.165) is 16.1 Å². The summed E-state index contributed by atoms with van der Waals surface area (Å²) in [6.45, 7) is 2.29. The van der Waals surface area contributed by atoms with Gasteiger partial charge in [-0.15, -0.1) is 0 Å². The molecule has 1 aromatic rings. The summed E-state index contributed by atoms with van der Waals surface area (Å²) < 4.78 is 1.04. The Morgan fingerprint density at radius 2 is 2.28 bits per heavy atom. The minimum Gasteiger partial charge on any atom is -0.370 e. The van der Waals surface area contributed by atoms with Crippen LogP contribution in [0.15, 0.2) is 28.7 Å². The third-order valence-electron chi connectivity index (χ3n) is 3.73. The Morgan fingerprint density at radius 3 is 2.94 bits per heavy atom. The van der Waals surface area contributed by atoms with Crippen LogP contribution < -0.4 is 5.32 Å². The van der Waals surface area contributed by atoms with Crippen LogP contribution in [0.2, 0.25) is 0 Å². The summed E-state index contributed by atoms with van der Waals surface area (Å²) in [6, 6.07) is 10.4. The summed E-state index contributed by atoms with van der Waals surface area (Å²) in [6.07, 6.45) is 4.90. The second-order valence-electron chi connectivity index (χ2n) is 5.29. The molecule has 18 heavy (non-hydrogen) atoms. The molecule has 0 spiro atoms. The summed E-state index contributed by atoms with van der Waals surface area (Å²) in [5, 5.41) is 12.7. The topological polar surface area (TPSA) is 35.8 Å². The number of anilines is 1. The van der Waals surface area contributed by atoms with Gasteiger partial charge < -0.3 is 5.32 Å². The van der Waals surface area contributed by atoms with Gasteiger partial charge in [0.2, 0.25) is 0 Å². The van der Waals surface area contributed by atoms with Crippen LogP contribution in [0.25, 0.3) is 0 Å². The summed E-state index contributed by atoms with van der Waals surface area (Å²) in [5.74, 6) is 1.24. The molecule has 0 bridgehead atoms. The zero-order valence-electron chi connectivity index (χ0n) is 10.7. The first-order chi connectivity index (χ1) is 8.69. The number of nitriles is 1. The third-order valence-corrected chi connectivity index (χ3v) is 4.23. The van der Waals surface area contributed by atoms with Gasteiger partial charge >= 0.3 is 0 Å². The maximum Gasteiger partial charge on any atom is 0.117 e. The summed E-state index contributed by atoms with van der Waals surface area (Å²) in [5.41, 5.74) is 1.02. The van der Waals surface area contributed by atoms with Gasteiger partial charge in [0.05, 0.1) is 6.07 Å². The number of nitrogens with one attached hydrogen (secondary N) is 1. The Morgan fingerprint density at radius 1 is 1.44 bits per heavy atom. The average Bonchev–Trinajstić information content (AvgIpc) is 2.36. The third kappa shape index (κ3) is 3.49. The molecule has 3 unspecified atom stereocenters. The SMILES string of the molecule is CC1CCCC(C(C#N)Nc2cccc(Br)c2)C1. The Balaban J connectivity index is 2.03. The summed E-state index contributed by atoms with van der Waals surface area (Å²) in [7, 11) is 0. The van der Waals surface area contributed by atoms with E-state index in [1.54, 1.807) is 0 Å². The molecule has 2 rings (SSSR count). The van der Waals surface area contributed by atoms with E-state index < -0.39 is 0 Å². The second kappa shape index (κ2) is 6.24. The lowest BCUT2D eigenvalue weighted by Crippen LogP contribution is -2.31. The van der Waals surface area contributed by atoms with E-state index in [1.165, 1.54) is 25.7 Å². The van der Waals surface area contributed by atoms with Crippen LogP contribution in [0, 0.1) is 23.2 Å². The molecule has 1 saturated carbocycles. The van der Waals surface area contributed by atoms with Crippen LogP contribution in [0.1, 0.15) is 32.6 Å². The van der Waals surface area contributed by atoms with Gasteiger partial charge in [0.25, 0.3) is 0 Å². The van der Waals surface area contributed by atoms with E-state index in [0.29, 0.717) is 5.92 Å². The van der Waals surface area contributed by atoms with E-state index >= 15 is 0 Å². The molecule has 96 valence electrons. The summed E-state index contributed by atoms with van der Waals surface area (Å²) >= 11 is 3.46. The minimum absolute atomic E-state index is 0.0675. The van der Waals surface area contributed by atoms with Crippen LogP contribution >= 0.6 is 15.9 Å². The van der Waals surface area contributed by atoms with Crippen LogP contribution in [0.5, 0.6) is 0 Å². The highest BCUT2D eigenvalue weighted by Gasteiger charge is 2.26. The lowest BCUT2D eigenvalue weighted by atomic mass is 9.79. The molecule has 0 heterocycles. The van der Waals surface area contributed by atoms with E-state index in [-0.39, 0.29) is 6.04 Å². The fraction of sp³-hybridized carbons (Fsp3) is 0.533. The molecule has 1 aliphatic carbocycles. The van der Waals surface area contributed by atoms with Gasteiger partial charge in [-0.1, -0.05) is 41.8 Å². The van der Waals surface area contributed by atoms with Crippen molar-refractivity contribution in [2.75, 3.05) is 5.32 Å². The largest absolute Gasteiger partial charge is 0.370 e. The van der Waals surface area contributed by atoms with Crippen molar-refractivity contribution in [3.8, 4) is 6.07 Å². The Labute approximate surface area is 118 Å². The highest BCUT2D eigenvalue weighted by atomic mass is 79.9. The molecule has 1 N–H and O–H groups in total. The van der Waals surface area contributed by atoms with Gasteiger partial charge in [0, 0.05) is 10.2 Å². The number of hydrogen-bond donors (Lipinski definition) is 1. The van der Waals surface area contributed by atoms with E-state index in [2.05, 4.69) is 34.2 Å². The van der Waals surface area contributed by atoms with Crippen molar-refractivity contribution in [2.24, 2.45) is 11.8 Å². The molecule has 0 aliphatic heterocycles. The molecule has 0 saturated heterocycles. The molecule has 1 aliphatic rings. The zero-order valence-corrected chi connectivity index (χ0v) is 12.3. The first-order valence-electron chi connectivity index (χ1n) is 6.60. The molecule has 3 heteroatoms. The molecule has 3 atom stereocenters. The molecule has 0 amide bonds. The normalized spacial score (nSPS) is 25.2. The van der Waals surface area contributed by atoms with Gasteiger partial charge in [0.1, 0.15) is 6.04 Å². The van der Waals surface area contributed by atoms with E-state index in [9.17, 15) is 5.26 Å². The fourth-order valence-electron chi connectivity index (χ4n) is 2.80.